The minimum atomic E-state index is -0.497. The molecule has 0 aromatic carbocycles. The average Bonchev–Trinajstić information content (AvgIpc) is 2.72. The molecule has 1 saturated heterocycles. The van der Waals surface area contributed by atoms with E-state index < -0.39 is 6.10 Å². The SMILES string of the molecule is C=C1C(=O)OC2C1CCC(=C)C1C[C@@H](O)C(=C)C12. The highest BCUT2D eigenvalue weighted by molar-refractivity contribution is 5.91. The Morgan fingerprint density at radius 2 is 1.94 bits per heavy atom. The highest BCUT2D eigenvalue weighted by Crippen LogP contribution is 2.51. The Hall–Kier alpha value is -1.35. The molecule has 0 aromatic rings. The van der Waals surface area contributed by atoms with Crippen LogP contribution >= 0.6 is 0 Å². The van der Waals surface area contributed by atoms with Gasteiger partial charge in [-0.25, -0.2) is 4.79 Å². The third kappa shape index (κ3) is 1.43. The zero-order valence-electron chi connectivity index (χ0n) is 10.4. The number of aliphatic hydroxyl groups is 1. The molecule has 96 valence electrons. The first kappa shape index (κ1) is 11.7. The Morgan fingerprint density at radius 3 is 2.67 bits per heavy atom. The van der Waals surface area contributed by atoms with Crippen LogP contribution in [0.2, 0.25) is 0 Å². The first-order valence-corrected chi connectivity index (χ1v) is 6.45. The number of esters is 1. The lowest BCUT2D eigenvalue weighted by atomic mass is 9.82. The monoisotopic (exact) mass is 246 g/mol. The summed E-state index contributed by atoms with van der Waals surface area (Å²) in [5.74, 6) is -0.0128. The molecule has 18 heavy (non-hydrogen) atoms. The van der Waals surface area contributed by atoms with E-state index >= 15 is 0 Å². The van der Waals surface area contributed by atoms with Crippen LogP contribution in [0.5, 0.6) is 0 Å². The lowest BCUT2D eigenvalue weighted by molar-refractivity contribution is -0.141. The average molecular weight is 246 g/mol. The summed E-state index contributed by atoms with van der Waals surface area (Å²) in [6.07, 6.45) is 1.71. The van der Waals surface area contributed by atoms with Crippen LogP contribution in [0.3, 0.4) is 0 Å². The number of rotatable bonds is 0. The van der Waals surface area contributed by atoms with Crippen molar-refractivity contribution in [3.63, 3.8) is 0 Å². The van der Waals surface area contributed by atoms with E-state index in [1.807, 2.05) is 0 Å². The normalized spacial score (nSPS) is 43.5. The molecule has 0 bridgehead atoms. The topological polar surface area (TPSA) is 46.5 Å². The molecule has 0 spiro atoms. The maximum absolute atomic E-state index is 11.7. The summed E-state index contributed by atoms with van der Waals surface area (Å²) in [5, 5.41) is 9.99. The van der Waals surface area contributed by atoms with Crippen LogP contribution < -0.4 is 0 Å². The van der Waals surface area contributed by atoms with Gasteiger partial charge in [-0.15, -0.1) is 0 Å². The summed E-state index contributed by atoms with van der Waals surface area (Å²) in [5.41, 5.74) is 2.51. The summed E-state index contributed by atoms with van der Waals surface area (Å²) in [6.45, 7) is 12.0. The Balaban J connectivity index is 2.01. The van der Waals surface area contributed by atoms with Crippen molar-refractivity contribution in [1.82, 2.24) is 0 Å². The maximum Gasteiger partial charge on any atom is 0.334 e. The fourth-order valence-corrected chi connectivity index (χ4v) is 3.70. The minimum Gasteiger partial charge on any atom is -0.458 e. The molecule has 2 aliphatic carbocycles. The van der Waals surface area contributed by atoms with Gasteiger partial charge in [0.2, 0.25) is 0 Å². The van der Waals surface area contributed by atoms with Gasteiger partial charge in [-0.3, -0.25) is 0 Å². The molecule has 4 unspecified atom stereocenters. The van der Waals surface area contributed by atoms with Crippen LogP contribution in [0.4, 0.5) is 0 Å². The van der Waals surface area contributed by atoms with Crippen LogP contribution in [-0.4, -0.2) is 23.3 Å². The fourth-order valence-electron chi connectivity index (χ4n) is 3.70. The van der Waals surface area contributed by atoms with Crippen molar-refractivity contribution in [2.75, 3.05) is 0 Å². The summed E-state index contributed by atoms with van der Waals surface area (Å²) >= 11 is 0. The van der Waals surface area contributed by atoms with Crippen molar-refractivity contribution in [2.24, 2.45) is 17.8 Å². The molecule has 1 aliphatic heterocycles. The predicted octanol–water partition coefficient (Wildman–Crippen LogP) is 1.99. The third-order valence-corrected chi connectivity index (χ3v) is 4.77. The van der Waals surface area contributed by atoms with Crippen LogP contribution in [0.25, 0.3) is 0 Å². The largest absolute Gasteiger partial charge is 0.458 e. The van der Waals surface area contributed by atoms with Gasteiger partial charge in [0.25, 0.3) is 0 Å². The van der Waals surface area contributed by atoms with Gasteiger partial charge in [-0.1, -0.05) is 25.3 Å². The van der Waals surface area contributed by atoms with Crippen LogP contribution in [0.1, 0.15) is 19.3 Å². The van der Waals surface area contributed by atoms with Gasteiger partial charge in [0.1, 0.15) is 6.10 Å². The zero-order chi connectivity index (χ0) is 13.0. The molecule has 3 rings (SSSR count). The Labute approximate surface area is 107 Å². The van der Waals surface area contributed by atoms with E-state index in [0.29, 0.717) is 12.0 Å². The highest BCUT2D eigenvalue weighted by Gasteiger charge is 2.52. The van der Waals surface area contributed by atoms with Crippen LogP contribution in [-0.2, 0) is 9.53 Å². The summed E-state index contributed by atoms with van der Waals surface area (Å²) in [7, 11) is 0. The molecular formula is C15H18O3. The highest BCUT2D eigenvalue weighted by atomic mass is 16.6. The second-order valence-corrected chi connectivity index (χ2v) is 5.66. The fraction of sp³-hybridized carbons (Fsp3) is 0.533. The van der Waals surface area contributed by atoms with Crippen molar-refractivity contribution < 1.29 is 14.6 Å². The molecule has 3 nitrogen and oxygen atoms in total. The molecule has 3 aliphatic rings. The standard InChI is InChI=1S/C15H18O3/c1-7-4-5-10-8(2)15(17)18-14(10)13-9(3)12(16)6-11(7)13/h10-14,16H,1-6H2/t10?,11?,12-,13?,14?/m1/s1. The number of hydrogen-bond acceptors (Lipinski definition) is 3. The van der Waals surface area contributed by atoms with E-state index in [0.717, 1.165) is 24.0 Å². The van der Waals surface area contributed by atoms with Gasteiger partial charge in [0, 0.05) is 17.4 Å². The Kier molecular flexibility index (Phi) is 2.49. The van der Waals surface area contributed by atoms with Crippen LogP contribution in [0.15, 0.2) is 36.5 Å². The summed E-state index contributed by atoms with van der Waals surface area (Å²) in [6, 6.07) is 0. The second-order valence-electron chi connectivity index (χ2n) is 5.66. The summed E-state index contributed by atoms with van der Waals surface area (Å²) in [4.78, 5) is 11.7. The second kappa shape index (κ2) is 3.82. The van der Waals surface area contributed by atoms with Gasteiger partial charge in [0.15, 0.2) is 0 Å². The third-order valence-electron chi connectivity index (χ3n) is 4.77. The summed E-state index contributed by atoms with van der Waals surface area (Å²) < 4.78 is 5.49. The first-order valence-electron chi connectivity index (χ1n) is 6.45. The van der Waals surface area contributed by atoms with E-state index in [9.17, 15) is 9.90 Å². The van der Waals surface area contributed by atoms with E-state index in [1.165, 1.54) is 0 Å². The Bertz CT molecular complexity index is 462. The predicted molar refractivity (Wildman–Crippen MR) is 67.6 cm³/mol. The van der Waals surface area contributed by atoms with Gasteiger partial charge in [0.05, 0.1) is 6.10 Å². The molecule has 0 aromatic heterocycles. The Morgan fingerprint density at radius 1 is 1.22 bits per heavy atom. The quantitative estimate of drug-likeness (QED) is 0.404. The van der Waals surface area contributed by atoms with Gasteiger partial charge < -0.3 is 9.84 Å². The molecule has 5 atom stereocenters. The molecule has 2 saturated carbocycles. The molecule has 1 heterocycles. The lowest BCUT2D eigenvalue weighted by Crippen LogP contribution is -2.29. The zero-order valence-corrected chi connectivity index (χ0v) is 10.4. The lowest BCUT2D eigenvalue weighted by Gasteiger charge is -2.25. The number of carbonyl (C=O) groups excluding carboxylic acids is 1. The van der Waals surface area contributed by atoms with Gasteiger partial charge in [-0.05, 0) is 30.8 Å². The number of carbonyl (C=O) groups is 1. The molecule has 0 radical (unpaired) electrons. The smallest absolute Gasteiger partial charge is 0.334 e. The van der Waals surface area contributed by atoms with Gasteiger partial charge >= 0.3 is 5.97 Å². The molecule has 3 heteroatoms. The number of allylic oxidation sites excluding steroid dienone is 1. The van der Waals surface area contributed by atoms with Crippen molar-refractivity contribution in [3.05, 3.63) is 36.5 Å². The van der Waals surface area contributed by atoms with Crippen molar-refractivity contribution in [3.8, 4) is 0 Å². The number of hydrogen-bond donors (Lipinski definition) is 1. The van der Waals surface area contributed by atoms with E-state index in [1.54, 1.807) is 0 Å². The number of fused-ring (bicyclic) bond motifs is 3. The first-order chi connectivity index (χ1) is 8.50. The van der Waals surface area contributed by atoms with Crippen LogP contribution in [0, 0.1) is 17.8 Å². The van der Waals surface area contributed by atoms with E-state index in [4.69, 9.17) is 4.74 Å². The molecule has 0 amide bonds. The number of aliphatic hydroxyl groups excluding tert-OH is 1. The van der Waals surface area contributed by atoms with Crippen molar-refractivity contribution in [1.29, 1.82) is 0 Å². The molecular weight excluding hydrogens is 228 g/mol. The molecule has 3 fully saturated rings. The van der Waals surface area contributed by atoms with Gasteiger partial charge in [-0.2, -0.15) is 0 Å². The minimum absolute atomic E-state index is 0.0169. The van der Waals surface area contributed by atoms with E-state index in [-0.39, 0.29) is 29.8 Å². The van der Waals surface area contributed by atoms with Crippen molar-refractivity contribution >= 4 is 5.97 Å². The van der Waals surface area contributed by atoms with E-state index in [2.05, 4.69) is 19.7 Å². The molecule has 1 N–H and O–H groups in total. The van der Waals surface area contributed by atoms with Crippen molar-refractivity contribution in [2.45, 2.75) is 31.5 Å². The number of ether oxygens (including phenoxy) is 1. The maximum atomic E-state index is 11.7.